The second kappa shape index (κ2) is 5.45. The molecule has 0 heterocycles. The highest BCUT2D eigenvalue weighted by Gasteiger charge is 2.07. The molecule has 0 radical (unpaired) electrons. The van der Waals surface area contributed by atoms with Crippen LogP contribution in [0.3, 0.4) is 0 Å². The summed E-state index contributed by atoms with van der Waals surface area (Å²) in [5, 5.41) is 0. The van der Waals surface area contributed by atoms with E-state index in [0.29, 0.717) is 0 Å². The molecule has 1 aliphatic rings. The quantitative estimate of drug-likeness (QED) is 0.513. The van der Waals surface area contributed by atoms with E-state index in [0.717, 1.165) is 0 Å². The van der Waals surface area contributed by atoms with Crippen molar-refractivity contribution in [1.29, 1.82) is 0 Å². The van der Waals surface area contributed by atoms with Crippen LogP contribution >= 0.6 is 0 Å². The van der Waals surface area contributed by atoms with E-state index in [1.54, 1.807) is 24.3 Å². The minimum Gasteiger partial charge on any atom is -0.0791 e. The first-order valence-electron chi connectivity index (χ1n) is 4.57. The van der Waals surface area contributed by atoms with Crippen molar-refractivity contribution < 1.29 is 0 Å². The fraction of sp³-hybridized carbons (Fsp3) is 0.200. The van der Waals surface area contributed by atoms with Crippen LogP contribution in [0.4, 0.5) is 0 Å². The third-order valence-corrected chi connectivity index (χ3v) is 1.48. The first kappa shape index (κ1) is 10.8. The highest BCUT2D eigenvalue weighted by atomic mass is 14.1. The summed E-state index contributed by atoms with van der Waals surface area (Å²) in [6.45, 7) is 3.96. The van der Waals surface area contributed by atoms with Crippen LogP contribution in [0.25, 0.3) is 0 Å². The van der Waals surface area contributed by atoms with Gasteiger partial charge in [0, 0.05) is 0 Å². The average Bonchev–Trinajstić information content (AvgIpc) is 2.20. The maximum Gasteiger partial charge on any atom is 0.0869 e. The largest absolute Gasteiger partial charge is 0.0869 e. The Bertz CT molecular complexity index is 474. The molecular weight excluding hydrogens is 180 g/mol. The monoisotopic (exact) mass is 190 g/mol. The maximum absolute atomic E-state index is 3.04. The first-order chi connectivity index (χ1) is 7.21. The molecule has 0 bridgehead atoms. The van der Waals surface area contributed by atoms with Crippen molar-refractivity contribution >= 4 is 0 Å². The molecule has 1 rings (SSSR count). The lowest BCUT2D eigenvalue weighted by atomic mass is 9.95. The minimum atomic E-state index is -0.302. The van der Waals surface area contributed by atoms with Gasteiger partial charge in [0.25, 0.3) is 0 Å². The summed E-state index contributed by atoms with van der Waals surface area (Å²) in [5.74, 6) is 22.8. The summed E-state index contributed by atoms with van der Waals surface area (Å²) < 4.78 is 0. The summed E-state index contributed by atoms with van der Waals surface area (Å²) in [7, 11) is 0. The van der Waals surface area contributed by atoms with Crippen LogP contribution < -0.4 is 0 Å². The van der Waals surface area contributed by atoms with E-state index in [4.69, 9.17) is 0 Å². The SMILES string of the molecule is CC1(C)C#C/C=C/C#CC#C/C=C/C#C1. The van der Waals surface area contributed by atoms with Gasteiger partial charge in [0.2, 0.25) is 0 Å². The molecule has 0 saturated heterocycles. The van der Waals surface area contributed by atoms with Gasteiger partial charge in [-0.25, -0.2) is 0 Å². The van der Waals surface area contributed by atoms with E-state index in [1.165, 1.54) is 0 Å². The number of hydrogen-bond donors (Lipinski definition) is 0. The summed E-state index contributed by atoms with van der Waals surface area (Å²) in [6.07, 6.45) is 6.80. The molecule has 70 valence electrons. The molecule has 0 amide bonds. The van der Waals surface area contributed by atoms with E-state index in [2.05, 4.69) is 47.4 Å². The molecule has 0 aromatic rings. The van der Waals surface area contributed by atoms with Crippen molar-refractivity contribution in [3.05, 3.63) is 24.3 Å². The molecule has 0 fully saturated rings. The topological polar surface area (TPSA) is 0 Å². The standard InChI is InChI=1S/C15H10/c1-15(2)13-11-9-7-5-3-4-6-8-10-12-14-15/h7-10H,1-2H3/b9-7+,10-8+. The zero-order valence-electron chi connectivity index (χ0n) is 8.81. The fourth-order valence-corrected chi connectivity index (χ4v) is 0.798. The molecule has 0 heteroatoms. The van der Waals surface area contributed by atoms with Gasteiger partial charge < -0.3 is 0 Å². The Kier molecular flexibility index (Phi) is 3.92. The molecule has 0 aromatic heterocycles. The molecule has 1 aliphatic carbocycles. The van der Waals surface area contributed by atoms with Crippen molar-refractivity contribution in [1.82, 2.24) is 0 Å². The second-order valence-corrected chi connectivity index (χ2v) is 3.37. The van der Waals surface area contributed by atoms with Crippen LogP contribution in [0.5, 0.6) is 0 Å². The Hall–Kier alpha value is -2.28. The average molecular weight is 190 g/mol. The molecule has 0 spiro atoms. The lowest BCUT2D eigenvalue weighted by Gasteiger charge is -2.05. The summed E-state index contributed by atoms with van der Waals surface area (Å²) in [5.41, 5.74) is -0.302. The third kappa shape index (κ3) is 5.11. The van der Waals surface area contributed by atoms with Crippen LogP contribution in [0, 0.1) is 52.8 Å². The Morgan fingerprint density at radius 3 is 1.53 bits per heavy atom. The second-order valence-electron chi connectivity index (χ2n) is 3.37. The Balaban J connectivity index is 3.04. The van der Waals surface area contributed by atoms with Crippen LogP contribution in [0.15, 0.2) is 24.3 Å². The lowest BCUT2D eigenvalue weighted by molar-refractivity contribution is 0.686. The van der Waals surface area contributed by atoms with Crippen LogP contribution in [-0.4, -0.2) is 0 Å². The predicted molar refractivity (Wildman–Crippen MR) is 63.2 cm³/mol. The van der Waals surface area contributed by atoms with Gasteiger partial charge in [-0.1, -0.05) is 35.5 Å². The van der Waals surface area contributed by atoms with Crippen molar-refractivity contribution in [2.24, 2.45) is 5.41 Å². The van der Waals surface area contributed by atoms with E-state index in [-0.39, 0.29) is 5.41 Å². The highest BCUT2D eigenvalue weighted by molar-refractivity contribution is 5.39. The van der Waals surface area contributed by atoms with Gasteiger partial charge in [-0.3, -0.25) is 0 Å². The predicted octanol–water partition coefficient (Wildman–Crippen LogP) is 2.15. The smallest absolute Gasteiger partial charge is 0.0791 e. The van der Waals surface area contributed by atoms with E-state index >= 15 is 0 Å². The van der Waals surface area contributed by atoms with E-state index in [1.807, 2.05) is 13.8 Å². The fourth-order valence-electron chi connectivity index (χ4n) is 0.798. The van der Waals surface area contributed by atoms with Gasteiger partial charge in [-0.2, -0.15) is 0 Å². The van der Waals surface area contributed by atoms with Gasteiger partial charge in [-0.05, 0) is 50.0 Å². The van der Waals surface area contributed by atoms with Crippen molar-refractivity contribution in [2.45, 2.75) is 13.8 Å². The van der Waals surface area contributed by atoms with Gasteiger partial charge in [0.1, 0.15) is 0 Å². The maximum atomic E-state index is 3.04. The van der Waals surface area contributed by atoms with Gasteiger partial charge in [-0.15, -0.1) is 0 Å². The minimum absolute atomic E-state index is 0.302. The van der Waals surface area contributed by atoms with Gasteiger partial charge in [0.15, 0.2) is 0 Å². The van der Waals surface area contributed by atoms with E-state index < -0.39 is 0 Å². The van der Waals surface area contributed by atoms with Gasteiger partial charge in [0.05, 0.1) is 5.41 Å². The normalized spacial score (nSPS) is 19.6. The third-order valence-electron chi connectivity index (χ3n) is 1.48. The van der Waals surface area contributed by atoms with Crippen molar-refractivity contribution in [3.63, 3.8) is 0 Å². The zero-order chi connectivity index (χ0) is 11.0. The lowest BCUT2D eigenvalue weighted by Crippen LogP contribution is -2.03. The number of allylic oxidation sites excluding steroid dienone is 4. The molecule has 0 nitrogen and oxygen atoms in total. The molecular formula is C15H10. The summed E-state index contributed by atoms with van der Waals surface area (Å²) in [6, 6.07) is 0. The van der Waals surface area contributed by atoms with E-state index in [9.17, 15) is 0 Å². The zero-order valence-corrected chi connectivity index (χ0v) is 8.81. The highest BCUT2D eigenvalue weighted by Crippen LogP contribution is 2.10. The summed E-state index contributed by atoms with van der Waals surface area (Å²) in [4.78, 5) is 0. The van der Waals surface area contributed by atoms with Crippen LogP contribution in [0.2, 0.25) is 0 Å². The van der Waals surface area contributed by atoms with Crippen molar-refractivity contribution in [3.8, 4) is 47.4 Å². The Morgan fingerprint density at radius 1 is 0.667 bits per heavy atom. The molecule has 0 atom stereocenters. The molecule has 0 unspecified atom stereocenters. The molecule has 0 saturated carbocycles. The molecule has 0 aromatic carbocycles. The number of hydrogen-bond acceptors (Lipinski definition) is 0. The number of rotatable bonds is 0. The summed E-state index contributed by atoms with van der Waals surface area (Å²) >= 11 is 0. The van der Waals surface area contributed by atoms with Crippen LogP contribution in [-0.2, 0) is 0 Å². The molecule has 0 N–H and O–H groups in total. The Morgan fingerprint density at radius 2 is 1.07 bits per heavy atom. The van der Waals surface area contributed by atoms with Crippen molar-refractivity contribution in [2.75, 3.05) is 0 Å². The van der Waals surface area contributed by atoms with Gasteiger partial charge >= 0.3 is 0 Å². The molecule has 15 heavy (non-hydrogen) atoms. The molecule has 0 aliphatic heterocycles. The Labute approximate surface area is 91.5 Å². The van der Waals surface area contributed by atoms with Crippen LogP contribution in [0.1, 0.15) is 13.8 Å². The first-order valence-corrected chi connectivity index (χ1v) is 4.57.